The van der Waals surface area contributed by atoms with Crippen LogP contribution >= 0.6 is 0 Å². The SMILES string of the molecule is C#CCC(NC(=O)CCC(C)(C)CCNC(=O)OCC1c2ccccc2-c2ccccc21)C(=O)O. The number of amides is 2. The Labute approximate surface area is 206 Å². The van der Waals surface area contributed by atoms with Gasteiger partial charge in [-0.15, -0.1) is 12.3 Å². The number of benzene rings is 2. The van der Waals surface area contributed by atoms with E-state index in [0.29, 0.717) is 19.4 Å². The molecule has 2 aromatic rings. The Morgan fingerprint density at radius 1 is 1.06 bits per heavy atom. The van der Waals surface area contributed by atoms with E-state index in [1.165, 1.54) is 11.1 Å². The third kappa shape index (κ3) is 6.86. The Balaban J connectivity index is 1.42. The molecule has 7 heteroatoms. The average molecular weight is 477 g/mol. The number of hydrogen-bond acceptors (Lipinski definition) is 4. The van der Waals surface area contributed by atoms with E-state index in [4.69, 9.17) is 16.3 Å². The molecule has 3 rings (SSSR count). The number of nitrogens with one attached hydrogen (secondary N) is 2. The predicted molar refractivity (Wildman–Crippen MR) is 134 cm³/mol. The predicted octanol–water partition coefficient (Wildman–Crippen LogP) is 4.31. The van der Waals surface area contributed by atoms with Crippen LogP contribution in [0.25, 0.3) is 11.1 Å². The summed E-state index contributed by atoms with van der Waals surface area (Å²) in [4.78, 5) is 35.6. The minimum absolute atomic E-state index is 0.00667. The zero-order chi connectivity index (χ0) is 25.4. The van der Waals surface area contributed by atoms with Gasteiger partial charge in [0.05, 0.1) is 0 Å². The molecule has 0 saturated heterocycles. The topological polar surface area (TPSA) is 105 Å². The van der Waals surface area contributed by atoms with E-state index in [9.17, 15) is 14.4 Å². The molecule has 0 bridgehead atoms. The molecule has 7 nitrogen and oxygen atoms in total. The molecule has 0 spiro atoms. The fourth-order valence-corrected chi connectivity index (χ4v) is 4.31. The molecule has 2 aromatic carbocycles. The highest BCUT2D eigenvalue weighted by Crippen LogP contribution is 2.44. The van der Waals surface area contributed by atoms with Crippen molar-refractivity contribution in [1.82, 2.24) is 10.6 Å². The van der Waals surface area contributed by atoms with Gasteiger partial charge >= 0.3 is 12.1 Å². The van der Waals surface area contributed by atoms with Crippen molar-refractivity contribution in [3.63, 3.8) is 0 Å². The number of hydrogen-bond donors (Lipinski definition) is 3. The normalized spacial score (nSPS) is 13.2. The number of carbonyl (C=O) groups is 3. The van der Waals surface area contributed by atoms with Crippen LogP contribution in [0.1, 0.15) is 56.6 Å². The highest BCUT2D eigenvalue weighted by Gasteiger charge is 2.29. The molecule has 1 unspecified atom stereocenters. The quantitative estimate of drug-likeness (QED) is 0.419. The smallest absolute Gasteiger partial charge is 0.407 e. The van der Waals surface area contributed by atoms with Gasteiger partial charge in [0.2, 0.25) is 5.91 Å². The van der Waals surface area contributed by atoms with Crippen LogP contribution in [0.15, 0.2) is 48.5 Å². The van der Waals surface area contributed by atoms with Gasteiger partial charge in [0.25, 0.3) is 0 Å². The van der Waals surface area contributed by atoms with Crippen LogP contribution < -0.4 is 10.6 Å². The Morgan fingerprint density at radius 3 is 2.23 bits per heavy atom. The van der Waals surface area contributed by atoms with E-state index < -0.39 is 18.1 Å². The number of rotatable bonds is 11. The van der Waals surface area contributed by atoms with Gasteiger partial charge in [-0.25, -0.2) is 9.59 Å². The summed E-state index contributed by atoms with van der Waals surface area (Å²) in [7, 11) is 0. The van der Waals surface area contributed by atoms with Gasteiger partial charge in [-0.3, -0.25) is 4.79 Å². The Morgan fingerprint density at radius 2 is 1.66 bits per heavy atom. The van der Waals surface area contributed by atoms with Crippen molar-refractivity contribution in [2.75, 3.05) is 13.2 Å². The van der Waals surface area contributed by atoms with Gasteiger partial charge in [-0.2, -0.15) is 0 Å². The van der Waals surface area contributed by atoms with Gasteiger partial charge in [0, 0.05) is 25.3 Å². The number of fused-ring (bicyclic) bond motifs is 3. The summed E-state index contributed by atoms with van der Waals surface area (Å²) < 4.78 is 5.56. The first-order valence-electron chi connectivity index (χ1n) is 11.8. The summed E-state index contributed by atoms with van der Waals surface area (Å²) >= 11 is 0. The minimum Gasteiger partial charge on any atom is -0.480 e. The third-order valence-corrected chi connectivity index (χ3v) is 6.40. The zero-order valence-electron chi connectivity index (χ0n) is 20.2. The largest absolute Gasteiger partial charge is 0.480 e. The molecule has 0 radical (unpaired) electrons. The van der Waals surface area contributed by atoms with Crippen molar-refractivity contribution in [3.05, 3.63) is 59.7 Å². The fraction of sp³-hybridized carbons (Fsp3) is 0.393. The molecule has 3 N–H and O–H groups in total. The molecule has 0 heterocycles. The van der Waals surface area contributed by atoms with Gasteiger partial charge in [-0.05, 0) is 40.5 Å². The lowest BCUT2D eigenvalue weighted by Gasteiger charge is -2.25. The number of terminal acetylenes is 1. The Kier molecular flexibility index (Phi) is 8.53. The summed E-state index contributed by atoms with van der Waals surface area (Å²) in [6.45, 7) is 4.65. The van der Waals surface area contributed by atoms with Gasteiger partial charge in [0.1, 0.15) is 12.6 Å². The first kappa shape index (κ1) is 25.8. The molecule has 0 aromatic heterocycles. The maximum absolute atomic E-state index is 12.4. The van der Waals surface area contributed by atoms with Crippen LogP contribution in [0.4, 0.5) is 4.79 Å². The average Bonchev–Trinajstić information content (AvgIpc) is 3.15. The van der Waals surface area contributed by atoms with Crippen LogP contribution in [0, 0.1) is 17.8 Å². The van der Waals surface area contributed by atoms with Crippen molar-refractivity contribution in [3.8, 4) is 23.5 Å². The molecule has 0 aliphatic heterocycles. The molecule has 1 atom stereocenters. The van der Waals surface area contributed by atoms with Gasteiger partial charge < -0.3 is 20.5 Å². The number of ether oxygens (including phenoxy) is 1. The maximum Gasteiger partial charge on any atom is 0.407 e. The fourth-order valence-electron chi connectivity index (χ4n) is 4.31. The first-order valence-corrected chi connectivity index (χ1v) is 11.8. The molecule has 184 valence electrons. The molecule has 1 aliphatic carbocycles. The standard InChI is InChI=1S/C28H32N2O5/c1-4-9-24(26(32)33)30-25(31)14-15-28(2,3)16-17-29-27(34)35-18-23-21-12-7-5-10-19(21)20-11-6-8-13-22(20)23/h1,5-8,10-13,23-24H,9,14-18H2,2-3H3,(H,29,34)(H,30,31)(H,32,33). The van der Waals surface area contributed by atoms with Crippen molar-refractivity contribution < 1.29 is 24.2 Å². The number of carboxylic acids is 1. The summed E-state index contributed by atoms with van der Waals surface area (Å²) in [5.74, 6) is 0.756. The third-order valence-electron chi connectivity index (χ3n) is 6.40. The van der Waals surface area contributed by atoms with Crippen LogP contribution in [0.2, 0.25) is 0 Å². The lowest BCUT2D eigenvalue weighted by Crippen LogP contribution is -2.40. The number of alkyl carbamates (subject to hydrolysis) is 1. The summed E-state index contributed by atoms with van der Waals surface area (Å²) in [5.41, 5.74) is 4.44. The maximum atomic E-state index is 12.4. The molecular formula is C28H32N2O5. The number of carboxylic acid groups (broad SMARTS) is 1. The number of aliphatic carboxylic acids is 1. The lowest BCUT2D eigenvalue weighted by molar-refractivity contribution is -0.141. The van der Waals surface area contributed by atoms with E-state index in [2.05, 4.69) is 40.8 Å². The van der Waals surface area contributed by atoms with Crippen LogP contribution in [-0.4, -0.2) is 42.3 Å². The zero-order valence-corrected chi connectivity index (χ0v) is 20.2. The van der Waals surface area contributed by atoms with E-state index in [1.807, 2.05) is 38.1 Å². The van der Waals surface area contributed by atoms with Gasteiger partial charge in [-0.1, -0.05) is 62.4 Å². The second kappa shape index (κ2) is 11.6. The van der Waals surface area contributed by atoms with Crippen LogP contribution in [-0.2, 0) is 14.3 Å². The van der Waals surface area contributed by atoms with E-state index in [-0.39, 0.29) is 36.7 Å². The summed E-state index contributed by atoms with van der Waals surface area (Å²) in [6, 6.07) is 15.3. The second-order valence-electron chi connectivity index (χ2n) is 9.53. The molecule has 1 aliphatic rings. The summed E-state index contributed by atoms with van der Waals surface area (Å²) in [6.07, 6.45) is 5.97. The van der Waals surface area contributed by atoms with Crippen molar-refractivity contribution >= 4 is 18.0 Å². The minimum atomic E-state index is -1.15. The highest BCUT2D eigenvalue weighted by molar-refractivity contribution is 5.83. The number of carbonyl (C=O) groups excluding carboxylic acids is 2. The molecule has 2 amide bonds. The Hall–Kier alpha value is -3.79. The van der Waals surface area contributed by atoms with E-state index in [1.54, 1.807) is 0 Å². The van der Waals surface area contributed by atoms with Crippen molar-refractivity contribution in [2.24, 2.45) is 5.41 Å². The van der Waals surface area contributed by atoms with Crippen LogP contribution in [0.5, 0.6) is 0 Å². The molecule has 0 saturated carbocycles. The second-order valence-corrected chi connectivity index (χ2v) is 9.53. The molecular weight excluding hydrogens is 444 g/mol. The summed E-state index contributed by atoms with van der Waals surface area (Å²) in [5, 5.41) is 14.3. The molecule has 0 fully saturated rings. The first-order chi connectivity index (χ1) is 16.7. The molecule has 35 heavy (non-hydrogen) atoms. The monoisotopic (exact) mass is 476 g/mol. The van der Waals surface area contributed by atoms with Gasteiger partial charge in [0.15, 0.2) is 0 Å². The van der Waals surface area contributed by atoms with Crippen molar-refractivity contribution in [2.45, 2.75) is 51.5 Å². The Bertz CT molecular complexity index is 1070. The van der Waals surface area contributed by atoms with Crippen LogP contribution in [0.3, 0.4) is 0 Å². The lowest BCUT2D eigenvalue weighted by atomic mass is 9.84. The van der Waals surface area contributed by atoms with Crippen molar-refractivity contribution in [1.29, 1.82) is 0 Å². The highest BCUT2D eigenvalue weighted by atomic mass is 16.5. The van der Waals surface area contributed by atoms with E-state index in [0.717, 1.165) is 11.1 Å². The van der Waals surface area contributed by atoms with E-state index >= 15 is 0 Å².